The Morgan fingerprint density at radius 1 is 0.968 bits per heavy atom. The number of nitrogens with zero attached hydrogens (tertiary/aromatic N) is 2. The number of fused-ring (bicyclic) bond motifs is 1. The largest absolute Gasteiger partial charge is 0.493 e. The van der Waals surface area contributed by atoms with Gasteiger partial charge in [0.2, 0.25) is 0 Å². The van der Waals surface area contributed by atoms with Gasteiger partial charge >= 0.3 is 6.18 Å². The van der Waals surface area contributed by atoms with Gasteiger partial charge in [0.25, 0.3) is 0 Å². The molecule has 0 saturated carbocycles. The zero-order valence-electron chi connectivity index (χ0n) is 17.5. The molecule has 164 valence electrons. The molecule has 1 aliphatic heterocycles. The first-order chi connectivity index (χ1) is 14.9. The van der Waals surface area contributed by atoms with Crippen LogP contribution in [0.5, 0.6) is 11.5 Å². The number of hydrogen-bond donors (Lipinski definition) is 0. The molecule has 2 heterocycles. The minimum Gasteiger partial charge on any atom is -0.493 e. The van der Waals surface area contributed by atoms with Gasteiger partial charge in [-0.15, -0.1) is 0 Å². The van der Waals surface area contributed by atoms with Crippen LogP contribution in [0.15, 0.2) is 60.8 Å². The molecule has 4 nitrogen and oxygen atoms in total. The Bertz CT molecular complexity index is 1050. The number of aryl methyl sites for hydroxylation is 1. The lowest BCUT2D eigenvalue weighted by Crippen LogP contribution is -2.30. The third-order valence-corrected chi connectivity index (χ3v) is 5.72. The predicted octanol–water partition coefficient (Wildman–Crippen LogP) is 5.52. The van der Waals surface area contributed by atoms with Gasteiger partial charge in [-0.05, 0) is 36.2 Å². The number of hydrogen-bond acceptors (Lipinski definition) is 3. The normalized spacial score (nSPS) is 17.1. The van der Waals surface area contributed by atoms with Crippen LogP contribution in [0.4, 0.5) is 13.2 Å². The summed E-state index contributed by atoms with van der Waals surface area (Å²) in [4.78, 5) is 2.21. The van der Waals surface area contributed by atoms with Gasteiger partial charge in [0.1, 0.15) is 0 Å². The SMILES string of the molecule is COc1cccc([C@@H]2c3cccn3CCCN2Cc2cccc(C(F)(F)F)c2)c1OC. The fourth-order valence-electron chi connectivity index (χ4n) is 4.37. The number of benzene rings is 2. The molecule has 31 heavy (non-hydrogen) atoms. The summed E-state index contributed by atoms with van der Waals surface area (Å²) in [5, 5.41) is 0. The molecule has 4 rings (SSSR count). The number of para-hydroxylation sites is 1. The van der Waals surface area contributed by atoms with E-state index >= 15 is 0 Å². The quantitative estimate of drug-likeness (QED) is 0.533. The molecule has 2 aromatic carbocycles. The highest BCUT2D eigenvalue weighted by Crippen LogP contribution is 2.42. The van der Waals surface area contributed by atoms with Crippen molar-refractivity contribution in [3.63, 3.8) is 0 Å². The van der Waals surface area contributed by atoms with Gasteiger partial charge in [0.05, 0.1) is 25.8 Å². The van der Waals surface area contributed by atoms with E-state index in [4.69, 9.17) is 9.47 Å². The van der Waals surface area contributed by atoms with Crippen LogP contribution in [0.1, 0.15) is 34.8 Å². The number of halogens is 3. The number of aromatic nitrogens is 1. The highest BCUT2D eigenvalue weighted by atomic mass is 19.4. The topological polar surface area (TPSA) is 26.6 Å². The zero-order valence-corrected chi connectivity index (χ0v) is 17.5. The van der Waals surface area contributed by atoms with E-state index < -0.39 is 11.7 Å². The van der Waals surface area contributed by atoms with E-state index in [9.17, 15) is 13.2 Å². The first-order valence-corrected chi connectivity index (χ1v) is 10.2. The molecule has 3 aromatic rings. The van der Waals surface area contributed by atoms with Gasteiger partial charge in [0.15, 0.2) is 11.5 Å². The molecule has 0 fully saturated rings. The Morgan fingerprint density at radius 2 is 1.77 bits per heavy atom. The van der Waals surface area contributed by atoms with E-state index in [1.54, 1.807) is 20.3 Å². The maximum absolute atomic E-state index is 13.2. The number of rotatable bonds is 5. The third kappa shape index (κ3) is 4.28. The first kappa shape index (κ1) is 21.3. The summed E-state index contributed by atoms with van der Waals surface area (Å²) in [6.45, 7) is 1.98. The Kier molecular flexibility index (Phi) is 5.96. The highest BCUT2D eigenvalue weighted by Gasteiger charge is 2.33. The summed E-state index contributed by atoms with van der Waals surface area (Å²) < 4.78 is 53.1. The van der Waals surface area contributed by atoms with Crippen molar-refractivity contribution in [1.82, 2.24) is 9.47 Å². The van der Waals surface area contributed by atoms with Crippen LogP contribution in [0.2, 0.25) is 0 Å². The van der Waals surface area contributed by atoms with Crippen molar-refractivity contribution in [3.8, 4) is 11.5 Å². The summed E-state index contributed by atoms with van der Waals surface area (Å²) in [5.41, 5.74) is 2.01. The molecule has 0 N–H and O–H groups in total. The Balaban J connectivity index is 1.79. The molecule has 0 aliphatic carbocycles. The van der Waals surface area contributed by atoms with E-state index in [1.165, 1.54) is 12.1 Å². The molecular formula is C24H25F3N2O2. The minimum atomic E-state index is -4.36. The molecule has 1 atom stereocenters. The molecule has 0 spiro atoms. The second-order valence-electron chi connectivity index (χ2n) is 7.63. The molecule has 0 saturated heterocycles. The highest BCUT2D eigenvalue weighted by molar-refractivity contribution is 5.50. The fraction of sp³-hybridized carbons (Fsp3) is 0.333. The Labute approximate surface area is 179 Å². The Hall–Kier alpha value is -2.93. The van der Waals surface area contributed by atoms with Crippen LogP contribution in [0, 0.1) is 0 Å². The third-order valence-electron chi connectivity index (χ3n) is 5.72. The van der Waals surface area contributed by atoms with Crippen molar-refractivity contribution in [1.29, 1.82) is 0 Å². The van der Waals surface area contributed by atoms with Gasteiger partial charge in [-0.1, -0.05) is 30.3 Å². The molecule has 7 heteroatoms. The average Bonchev–Trinajstić information content (AvgIpc) is 3.14. The average molecular weight is 430 g/mol. The van der Waals surface area contributed by atoms with E-state index in [0.717, 1.165) is 36.8 Å². The molecule has 1 aromatic heterocycles. The van der Waals surface area contributed by atoms with Crippen LogP contribution in [-0.4, -0.2) is 30.2 Å². The van der Waals surface area contributed by atoms with Crippen LogP contribution in [-0.2, 0) is 19.3 Å². The van der Waals surface area contributed by atoms with Crippen molar-refractivity contribution in [3.05, 3.63) is 83.2 Å². The maximum atomic E-state index is 13.2. The van der Waals surface area contributed by atoms with Gasteiger partial charge in [-0.2, -0.15) is 13.2 Å². The van der Waals surface area contributed by atoms with Crippen molar-refractivity contribution in [2.75, 3.05) is 20.8 Å². The minimum absolute atomic E-state index is 0.183. The molecule has 0 unspecified atom stereocenters. The number of alkyl halides is 3. The standard InChI is InChI=1S/C24H25F3N2O2/c1-30-21-11-4-9-19(23(21)31-2)22-20-10-5-12-28(20)13-6-14-29(22)16-17-7-3-8-18(15-17)24(25,26)27/h3-5,7-12,15,22H,6,13-14,16H2,1-2H3/t22-/m1/s1. The zero-order chi connectivity index (χ0) is 22.0. The lowest BCUT2D eigenvalue weighted by Gasteiger charge is -2.32. The van der Waals surface area contributed by atoms with E-state index in [-0.39, 0.29) is 6.04 Å². The second-order valence-corrected chi connectivity index (χ2v) is 7.63. The van der Waals surface area contributed by atoms with E-state index in [0.29, 0.717) is 23.6 Å². The molecule has 0 bridgehead atoms. The summed E-state index contributed by atoms with van der Waals surface area (Å²) >= 11 is 0. The molecule has 0 amide bonds. The summed E-state index contributed by atoms with van der Waals surface area (Å²) in [6.07, 6.45) is -1.43. The first-order valence-electron chi connectivity index (χ1n) is 10.2. The lowest BCUT2D eigenvalue weighted by atomic mass is 9.99. The lowest BCUT2D eigenvalue weighted by molar-refractivity contribution is -0.137. The number of ether oxygens (including phenoxy) is 2. The molecule has 1 aliphatic rings. The van der Waals surface area contributed by atoms with Crippen LogP contribution >= 0.6 is 0 Å². The Morgan fingerprint density at radius 3 is 2.52 bits per heavy atom. The maximum Gasteiger partial charge on any atom is 0.416 e. The van der Waals surface area contributed by atoms with E-state index in [2.05, 4.69) is 15.5 Å². The van der Waals surface area contributed by atoms with Gasteiger partial charge in [-0.3, -0.25) is 4.90 Å². The van der Waals surface area contributed by atoms with Crippen molar-refractivity contribution < 1.29 is 22.6 Å². The van der Waals surface area contributed by atoms with Crippen LogP contribution < -0.4 is 9.47 Å². The second kappa shape index (κ2) is 8.67. The summed E-state index contributed by atoms with van der Waals surface area (Å²) in [5.74, 6) is 1.26. The smallest absolute Gasteiger partial charge is 0.416 e. The van der Waals surface area contributed by atoms with Gasteiger partial charge < -0.3 is 14.0 Å². The van der Waals surface area contributed by atoms with Crippen LogP contribution in [0.3, 0.4) is 0 Å². The van der Waals surface area contributed by atoms with Gasteiger partial charge in [-0.25, -0.2) is 0 Å². The monoisotopic (exact) mass is 430 g/mol. The van der Waals surface area contributed by atoms with Crippen LogP contribution in [0.25, 0.3) is 0 Å². The number of methoxy groups -OCH3 is 2. The molecule has 0 radical (unpaired) electrons. The summed E-state index contributed by atoms with van der Waals surface area (Å²) in [7, 11) is 3.20. The predicted molar refractivity (Wildman–Crippen MR) is 112 cm³/mol. The molecular weight excluding hydrogens is 405 g/mol. The van der Waals surface area contributed by atoms with Crippen molar-refractivity contribution in [2.24, 2.45) is 0 Å². The summed E-state index contributed by atoms with van der Waals surface area (Å²) in [6, 6.07) is 15.2. The van der Waals surface area contributed by atoms with Gasteiger partial charge in [0, 0.05) is 37.1 Å². The van der Waals surface area contributed by atoms with E-state index in [1.807, 2.05) is 30.5 Å². The van der Waals surface area contributed by atoms with Crippen molar-refractivity contribution in [2.45, 2.75) is 31.7 Å². The van der Waals surface area contributed by atoms with Crippen molar-refractivity contribution >= 4 is 0 Å². The fourth-order valence-corrected chi connectivity index (χ4v) is 4.37.